The highest BCUT2D eigenvalue weighted by Crippen LogP contribution is 2.28. The number of nitrogens with one attached hydrogen (secondary N) is 2. The maximum absolute atomic E-state index is 12.5. The van der Waals surface area contributed by atoms with Crippen molar-refractivity contribution in [3.05, 3.63) is 55.1 Å². The Bertz CT molecular complexity index is 1020. The van der Waals surface area contributed by atoms with Gasteiger partial charge in [0.15, 0.2) is 0 Å². The Hall–Kier alpha value is -3.11. The Morgan fingerprint density at radius 2 is 1.82 bits per heavy atom. The maximum atomic E-state index is 12.5. The lowest BCUT2D eigenvalue weighted by Crippen LogP contribution is -2.29. The van der Waals surface area contributed by atoms with E-state index in [4.69, 9.17) is 9.47 Å². The first-order valence-electron chi connectivity index (χ1n) is 8.44. The van der Waals surface area contributed by atoms with Gasteiger partial charge in [-0.1, -0.05) is 0 Å². The van der Waals surface area contributed by atoms with Crippen molar-refractivity contribution < 1.29 is 17.9 Å². The van der Waals surface area contributed by atoms with E-state index in [1.165, 1.54) is 32.7 Å². The molecule has 0 unspecified atom stereocenters. The number of benzene rings is 1. The summed E-state index contributed by atoms with van der Waals surface area (Å²) in [6, 6.07) is 10.1. The Morgan fingerprint density at radius 3 is 2.54 bits per heavy atom. The third kappa shape index (κ3) is 4.59. The second-order valence-electron chi connectivity index (χ2n) is 5.69. The van der Waals surface area contributed by atoms with Crippen LogP contribution in [0.1, 0.15) is 0 Å². The van der Waals surface area contributed by atoms with E-state index in [2.05, 4.69) is 20.0 Å². The van der Waals surface area contributed by atoms with E-state index in [0.717, 1.165) is 0 Å². The van der Waals surface area contributed by atoms with Gasteiger partial charge >= 0.3 is 0 Å². The molecule has 0 amide bonds. The van der Waals surface area contributed by atoms with Crippen LogP contribution >= 0.6 is 0 Å². The van der Waals surface area contributed by atoms with Crippen molar-refractivity contribution in [3.63, 3.8) is 0 Å². The highest BCUT2D eigenvalue weighted by Gasteiger charge is 2.19. The number of hydrogen-bond donors (Lipinski definition) is 2. The van der Waals surface area contributed by atoms with Gasteiger partial charge < -0.3 is 19.4 Å². The second kappa shape index (κ2) is 8.72. The smallest absolute Gasteiger partial charge is 0.244 e. The molecule has 0 aliphatic rings. The molecule has 0 bridgehead atoms. The molecule has 3 rings (SSSR count). The van der Waals surface area contributed by atoms with Gasteiger partial charge in [-0.3, -0.25) is 0 Å². The molecule has 0 spiro atoms. The summed E-state index contributed by atoms with van der Waals surface area (Å²) in [5, 5.41) is 3.08. The topological polar surface area (TPSA) is 107 Å². The summed E-state index contributed by atoms with van der Waals surface area (Å²) >= 11 is 0. The molecule has 0 fully saturated rings. The van der Waals surface area contributed by atoms with Crippen LogP contribution in [-0.2, 0) is 10.0 Å². The van der Waals surface area contributed by atoms with Crippen molar-refractivity contribution >= 4 is 15.8 Å². The van der Waals surface area contributed by atoms with E-state index >= 15 is 0 Å². The first kappa shape index (κ1) is 19.6. The molecule has 2 N–H and O–H groups in total. The molecular formula is C18H21N5O4S. The number of anilines is 1. The second-order valence-corrected chi connectivity index (χ2v) is 7.43. The molecule has 28 heavy (non-hydrogen) atoms. The van der Waals surface area contributed by atoms with Crippen LogP contribution in [-0.4, -0.2) is 50.3 Å². The van der Waals surface area contributed by atoms with E-state index in [0.29, 0.717) is 23.9 Å². The van der Waals surface area contributed by atoms with Crippen molar-refractivity contribution in [1.29, 1.82) is 0 Å². The van der Waals surface area contributed by atoms with Gasteiger partial charge in [0.05, 0.1) is 14.2 Å². The average molecular weight is 403 g/mol. The molecule has 0 aliphatic carbocycles. The zero-order valence-corrected chi connectivity index (χ0v) is 16.3. The quantitative estimate of drug-likeness (QED) is 0.523. The Balaban J connectivity index is 1.60. The minimum Gasteiger partial charge on any atom is -0.497 e. The fraction of sp³-hybridized carbons (Fsp3) is 0.222. The normalized spacial score (nSPS) is 11.2. The van der Waals surface area contributed by atoms with Gasteiger partial charge in [-0.15, -0.1) is 0 Å². The zero-order chi connectivity index (χ0) is 20.0. The summed E-state index contributed by atoms with van der Waals surface area (Å²) in [7, 11) is -0.822. The molecule has 0 radical (unpaired) electrons. The summed E-state index contributed by atoms with van der Waals surface area (Å²) in [5.74, 6) is 2.04. The lowest BCUT2D eigenvalue weighted by atomic mass is 10.3. The molecular weight excluding hydrogens is 382 g/mol. The lowest BCUT2D eigenvalue weighted by molar-refractivity contribution is 0.386. The molecule has 0 aliphatic heterocycles. The van der Waals surface area contributed by atoms with Crippen LogP contribution < -0.4 is 19.5 Å². The first-order chi connectivity index (χ1) is 13.5. The number of ether oxygens (including phenoxy) is 2. The highest BCUT2D eigenvalue weighted by atomic mass is 32.2. The maximum Gasteiger partial charge on any atom is 0.244 e. The minimum atomic E-state index is -3.73. The van der Waals surface area contributed by atoms with Gasteiger partial charge in [0.2, 0.25) is 10.0 Å². The molecule has 0 saturated carbocycles. The number of hydrogen-bond acceptors (Lipinski definition) is 7. The van der Waals surface area contributed by atoms with Crippen molar-refractivity contribution in [1.82, 2.24) is 19.3 Å². The van der Waals surface area contributed by atoms with Crippen molar-refractivity contribution in [2.24, 2.45) is 0 Å². The number of methoxy groups -OCH3 is 2. The summed E-state index contributed by atoms with van der Waals surface area (Å²) in [6.45, 7) is 0.514. The third-order valence-electron chi connectivity index (χ3n) is 3.91. The Labute approximate surface area is 163 Å². The molecule has 9 nitrogen and oxygen atoms in total. The average Bonchev–Trinajstić information content (AvgIpc) is 3.26. The van der Waals surface area contributed by atoms with Gasteiger partial charge in [-0.05, 0) is 24.3 Å². The number of aromatic nitrogens is 3. The monoisotopic (exact) mass is 403 g/mol. The molecule has 148 valence electrons. The molecule has 0 atom stereocenters. The van der Waals surface area contributed by atoms with Crippen LogP contribution in [0.3, 0.4) is 0 Å². The summed E-state index contributed by atoms with van der Waals surface area (Å²) in [6.07, 6.45) is 5.20. The summed E-state index contributed by atoms with van der Waals surface area (Å²) in [4.78, 5) is 8.39. The largest absolute Gasteiger partial charge is 0.497 e. The van der Waals surface area contributed by atoms with Gasteiger partial charge in [0.1, 0.15) is 34.4 Å². The highest BCUT2D eigenvalue weighted by molar-refractivity contribution is 7.89. The lowest BCUT2D eigenvalue weighted by Gasteiger charge is -2.12. The van der Waals surface area contributed by atoms with Crippen LogP contribution in [0.25, 0.3) is 5.82 Å². The minimum absolute atomic E-state index is 0.0488. The van der Waals surface area contributed by atoms with Gasteiger partial charge in [-0.2, -0.15) is 0 Å². The fourth-order valence-electron chi connectivity index (χ4n) is 2.52. The predicted molar refractivity (Wildman–Crippen MR) is 105 cm³/mol. The molecule has 3 aromatic rings. The van der Waals surface area contributed by atoms with Gasteiger partial charge in [0, 0.05) is 37.6 Å². The van der Waals surface area contributed by atoms with Crippen LogP contribution in [0.2, 0.25) is 0 Å². The number of sulfonamides is 1. The molecule has 0 saturated heterocycles. The van der Waals surface area contributed by atoms with E-state index in [1.807, 2.05) is 29.1 Å². The molecule has 10 heteroatoms. The van der Waals surface area contributed by atoms with Crippen molar-refractivity contribution in [2.75, 3.05) is 32.6 Å². The SMILES string of the molecule is COc1ccc(S(=O)(=O)NCCNc2cc(-n3cccc3)ncn2)c(OC)c1. The Morgan fingerprint density at radius 1 is 1.04 bits per heavy atom. The van der Waals surface area contributed by atoms with E-state index < -0.39 is 10.0 Å². The fourth-order valence-corrected chi connectivity index (χ4v) is 3.70. The summed E-state index contributed by atoms with van der Waals surface area (Å²) in [5.41, 5.74) is 0. The standard InChI is InChI=1S/C18H21N5O4S/c1-26-14-5-6-16(15(11-14)27-2)28(24,25)22-8-7-19-17-12-18(21-13-20-17)23-9-3-4-10-23/h3-6,9-13,22H,7-8H2,1-2H3,(H,19,20,21). The third-order valence-corrected chi connectivity index (χ3v) is 5.41. The van der Waals surface area contributed by atoms with Gasteiger partial charge in [0.25, 0.3) is 0 Å². The van der Waals surface area contributed by atoms with Gasteiger partial charge in [-0.25, -0.2) is 23.1 Å². The Kier molecular flexibility index (Phi) is 6.12. The van der Waals surface area contributed by atoms with Crippen LogP contribution in [0.4, 0.5) is 5.82 Å². The number of nitrogens with zero attached hydrogens (tertiary/aromatic N) is 3. The van der Waals surface area contributed by atoms with E-state index in [1.54, 1.807) is 12.1 Å². The number of rotatable bonds is 9. The van der Waals surface area contributed by atoms with Crippen molar-refractivity contribution in [3.8, 4) is 17.3 Å². The first-order valence-corrected chi connectivity index (χ1v) is 9.93. The van der Waals surface area contributed by atoms with Crippen molar-refractivity contribution in [2.45, 2.75) is 4.90 Å². The molecule has 1 aromatic carbocycles. The van der Waals surface area contributed by atoms with Crippen LogP contribution in [0.5, 0.6) is 11.5 Å². The van der Waals surface area contributed by atoms with E-state index in [-0.39, 0.29) is 17.2 Å². The molecule has 2 aromatic heterocycles. The molecule has 2 heterocycles. The zero-order valence-electron chi connectivity index (χ0n) is 15.5. The van der Waals surface area contributed by atoms with Crippen LogP contribution in [0.15, 0.2) is 60.0 Å². The summed E-state index contributed by atoms with van der Waals surface area (Å²) < 4.78 is 39.7. The van der Waals surface area contributed by atoms with E-state index in [9.17, 15) is 8.42 Å². The van der Waals surface area contributed by atoms with Crippen LogP contribution in [0, 0.1) is 0 Å². The predicted octanol–water partition coefficient (Wildman–Crippen LogP) is 1.67.